The first-order valence-electron chi connectivity index (χ1n) is 6.51. The lowest BCUT2D eigenvalue weighted by molar-refractivity contribution is 0.821. The van der Waals surface area contributed by atoms with Crippen molar-refractivity contribution in [1.29, 1.82) is 0 Å². The summed E-state index contributed by atoms with van der Waals surface area (Å²) >= 11 is 0. The number of pyridine rings is 1. The van der Waals surface area contributed by atoms with Crippen molar-refractivity contribution in [3.63, 3.8) is 0 Å². The molecule has 0 bridgehead atoms. The quantitative estimate of drug-likeness (QED) is 0.893. The van der Waals surface area contributed by atoms with Gasteiger partial charge in [0.15, 0.2) is 0 Å². The number of benzene rings is 1. The number of rotatable bonds is 2. The topological polar surface area (TPSA) is 31.4 Å². The molecule has 0 fully saturated rings. The Morgan fingerprint density at radius 1 is 1.11 bits per heavy atom. The molecule has 0 atom stereocenters. The van der Waals surface area contributed by atoms with Crippen molar-refractivity contribution in [3.8, 4) is 0 Å². The van der Waals surface area contributed by atoms with Crippen molar-refractivity contribution in [3.05, 3.63) is 42.6 Å². The summed E-state index contributed by atoms with van der Waals surface area (Å²) in [4.78, 5) is 8.92. The summed E-state index contributed by atoms with van der Waals surface area (Å²) in [6.45, 7) is 2.01. The number of anilines is 4. The van der Waals surface area contributed by atoms with E-state index in [-0.39, 0.29) is 0 Å². The van der Waals surface area contributed by atoms with Crippen LogP contribution in [0.2, 0.25) is 0 Å². The highest BCUT2D eigenvalue weighted by atomic mass is 15.3. The second-order valence-electron chi connectivity index (χ2n) is 4.71. The van der Waals surface area contributed by atoms with E-state index in [1.54, 1.807) is 0 Å². The van der Waals surface area contributed by atoms with Crippen LogP contribution in [0.15, 0.2) is 42.6 Å². The van der Waals surface area contributed by atoms with Crippen LogP contribution >= 0.6 is 0 Å². The Morgan fingerprint density at radius 2 is 1.89 bits per heavy atom. The Balaban J connectivity index is 2.04. The van der Waals surface area contributed by atoms with Crippen molar-refractivity contribution in [2.45, 2.75) is 0 Å². The van der Waals surface area contributed by atoms with Crippen LogP contribution in [-0.4, -0.2) is 32.2 Å². The molecule has 0 saturated heterocycles. The Labute approximate surface area is 113 Å². The van der Waals surface area contributed by atoms with Gasteiger partial charge in [-0.2, -0.15) is 0 Å². The largest absolute Gasteiger partial charge is 0.373 e. The number of hydrogen-bond donors (Lipinski definition) is 1. The van der Waals surface area contributed by atoms with Crippen LogP contribution < -0.4 is 15.1 Å². The molecule has 19 heavy (non-hydrogen) atoms. The van der Waals surface area contributed by atoms with Gasteiger partial charge in [-0.1, -0.05) is 12.1 Å². The van der Waals surface area contributed by atoms with Crippen LogP contribution in [0.4, 0.5) is 22.9 Å². The Morgan fingerprint density at radius 3 is 2.68 bits per heavy atom. The van der Waals surface area contributed by atoms with Gasteiger partial charge in [0.05, 0.1) is 11.4 Å². The molecular weight excluding hydrogens is 236 g/mol. The van der Waals surface area contributed by atoms with E-state index < -0.39 is 0 Å². The van der Waals surface area contributed by atoms with E-state index in [4.69, 9.17) is 0 Å². The molecule has 1 N–H and O–H groups in total. The molecule has 2 aromatic rings. The van der Waals surface area contributed by atoms with E-state index in [0.29, 0.717) is 0 Å². The maximum Gasteiger partial charge on any atom is 0.127 e. The van der Waals surface area contributed by atoms with Gasteiger partial charge in [-0.05, 0) is 18.2 Å². The van der Waals surface area contributed by atoms with Gasteiger partial charge >= 0.3 is 0 Å². The minimum Gasteiger partial charge on any atom is -0.373 e. The molecule has 1 aromatic carbocycles. The SMILES string of the molecule is CNc1cc(N2CCN(C)c3ccccc32)ccn1. The fraction of sp³-hybridized carbons (Fsp3) is 0.267. The smallest absolute Gasteiger partial charge is 0.127 e. The molecule has 4 heteroatoms. The predicted molar refractivity (Wildman–Crippen MR) is 80.5 cm³/mol. The molecule has 1 aliphatic heterocycles. The summed E-state index contributed by atoms with van der Waals surface area (Å²) in [5, 5.41) is 3.09. The van der Waals surface area contributed by atoms with E-state index in [2.05, 4.69) is 63.5 Å². The van der Waals surface area contributed by atoms with Gasteiger partial charge in [0.2, 0.25) is 0 Å². The first-order chi connectivity index (χ1) is 9.29. The standard InChI is InChI=1S/C15H18N4/c1-16-15-11-12(7-8-17-15)19-10-9-18(2)13-5-3-4-6-14(13)19/h3-8,11H,9-10H2,1-2H3,(H,16,17). The lowest BCUT2D eigenvalue weighted by Gasteiger charge is -2.37. The van der Waals surface area contributed by atoms with Crippen molar-refractivity contribution in [2.75, 3.05) is 42.3 Å². The molecule has 0 radical (unpaired) electrons. The van der Waals surface area contributed by atoms with Gasteiger partial charge in [0.1, 0.15) is 5.82 Å². The van der Waals surface area contributed by atoms with Crippen molar-refractivity contribution >= 4 is 22.9 Å². The summed E-state index contributed by atoms with van der Waals surface area (Å²) < 4.78 is 0. The van der Waals surface area contributed by atoms with Gasteiger partial charge in [-0.25, -0.2) is 4.98 Å². The monoisotopic (exact) mass is 254 g/mol. The summed E-state index contributed by atoms with van der Waals surface area (Å²) in [6.07, 6.45) is 1.85. The summed E-state index contributed by atoms with van der Waals surface area (Å²) in [5.74, 6) is 0.897. The Bertz CT molecular complexity index is 582. The first-order valence-corrected chi connectivity index (χ1v) is 6.51. The highest BCUT2D eigenvalue weighted by Crippen LogP contribution is 2.36. The average Bonchev–Trinajstić information content (AvgIpc) is 2.48. The molecule has 2 heterocycles. The van der Waals surface area contributed by atoms with Crippen molar-refractivity contribution < 1.29 is 0 Å². The summed E-state index contributed by atoms with van der Waals surface area (Å²) in [5.41, 5.74) is 3.71. The maximum atomic E-state index is 4.28. The van der Waals surface area contributed by atoms with Crippen LogP contribution in [0.5, 0.6) is 0 Å². The van der Waals surface area contributed by atoms with Crippen LogP contribution in [-0.2, 0) is 0 Å². The lowest BCUT2D eigenvalue weighted by atomic mass is 10.1. The number of nitrogens with one attached hydrogen (secondary N) is 1. The first kappa shape index (κ1) is 11.8. The minimum atomic E-state index is 0.897. The van der Waals surface area contributed by atoms with Crippen molar-refractivity contribution in [2.24, 2.45) is 0 Å². The van der Waals surface area contributed by atoms with Gasteiger partial charge in [-0.3, -0.25) is 0 Å². The second kappa shape index (κ2) is 4.80. The van der Waals surface area contributed by atoms with Crippen LogP contribution in [0, 0.1) is 0 Å². The summed E-state index contributed by atoms with van der Waals surface area (Å²) in [6, 6.07) is 12.7. The van der Waals surface area contributed by atoms with Crippen LogP contribution in [0.1, 0.15) is 0 Å². The number of para-hydroxylation sites is 2. The van der Waals surface area contributed by atoms with Gasteiger partial charge in [-0.15, -0.1) is 0 Å². The molecule has 0 saturated carbocycles. The fourth-order valence-electron chi connectivity index (χ4n) is 2.50. The summed E-state index contributed by atoms with van der Waals surface area (Å²) in [7, 11) is 4.03. The number of nitrogens with zero attached hydrogens (tertiary/aromatic N) is 3. The average molecular weight is 254 g/mol. The highest BCUT2D eigenvalue weighted by molar-refractivity contribution is 5.79. The Hall–Kier alpha value is -2.23. The third-order valence-corrected chi connectivity index (χ3v) is 3.55. The highest BCUT2D eigenvalue weighted by Gasteiger charge is 2.20. The zero-order valence-electron chi connectivity index (χ0n) is 11.3. The molecule has 1 aliphatic rings. The second-order valence-corrected chi connectivity index (χ2v) is 4.71. The maximum absolute atomic E-state index is 4.28. The van der Waals surface area contributed by atoms with E-state index in [0.717, 1.165) is 18.9 Å². The fourth-order valence-corrected chi connectivity index (χ4v) is 2.50. The van der Waals surface area contributed by atoms with Gasteiger partial charge in [0.25, 0.3) is 0 Å². The lowest BCUT2D eigenvalue weighted by Crippen LogP contribution is -2.36. The molecular formula is C15H18N4. The predicted octanol–water partition coefficient (Wildman–Crippen LogP) is 2.71. The van der Waals surface area contributed by atoms with E-state index in [1.165, 1.54) is 17.1 Å². The number of likely N-dealkylation sites (N-methyl/N-ethyl adjacent to an activating group) is 1. The van der Waals surface area contributed by atoms with Crippen LogP contribution in [0.25, 0.3) is 0 Å². The van der Waals surface area contributed by atoms with Gasteiger partial charge in [0, 0.05) is 45.1 Å². The molecule has 98 valence electrons. The number of fused-ring (bicyclic) bond motifs is 1. The zero-order valence-corrected chi connectivity index (χ0v) is 11.3. The molecule has 0 spiro atoms. The molecule has 3 rings (SSSR count). The molecule has 1 aromatic heterocycles. The van der Waals surface area contributed by atoms with E-state index in [9.17, 15) is 0 Å². The minimum absolute atomic E-state index is 0.897. The normalized spacial score (nSPS) is 14.2. The number of aromatic nitrogens is 1. The zero-order chi connectivity index (χ0) is 13.2. The third kappa shape index (κ3) is 2.10. The Kier molecular flexibility index (Phi) is 2.99. The molecule has 0 aliphatic carbocycles. The third-order valence-electron chi connectivity index (χ3n) is 3.55. The van der Waals surface area contributed by atoms with Crippen molar-refractivity contribution in [1.82, 2.24) is 4.98 Å². The van der Waals surface area contributed by atoms with E-state index >= 15 is 0 Å². The molecule has 4 nitrogen and oxygen atoms in total. The molecule has 0 amide bonds. The van der Waals surface area contributed by atoms with E-state index in [1.807, 2.05) is 13.2 Å². The number of hydrogen-bond acceptors (Lipinski definition) is 4. The van der Waals surface area contributed by atoms with Crippen LogP contribution in [0.3, 0.4) is 0 Å². The van der Waals surface area contributed by atoms with Gasteiger partial charge < -0.3 is 15.1 Å². The molecule has 0 unspecified atom stereocenters.